The van der Waals surface area contributed by atoms with Crippen molar-refractivity contribution in [3.8, 4) is 22.4 Å². The molecule has 0 radical (unpaired) electrons. The number of nitrogens with one attached hydrogen (secondary N) is 4. The summed E-state index contributed by atoms with van der Waals surface area (Å²) in [6.45, 7) is 9.74. The molecule has 0 saturated carbocycles. The number of ether oxygens (including phenoxy) is 3. The highest BCUT2D eigenvalue weighted by Crippen LogP contribution is 2.35. The quantitative estimate of drug-likeness (QED) is 0.0873. The first kappa shape index (κ1) is 43.1. The molecule has 4 N–H and O–H groups in total. The molecule has 4 heterocycles. The van der Waals surface area contributed by atoms with Gasteiger partial charge in [0.05, 0.1) is 56.4 Å². The molecule has 0 spiro atoms. The number of H-pyrrole nitrogens is 2. The fourth-order valence-corrected chi connectivity index (χ4v) is 9.03. The van der Waals surface area contributed by atoms with E-state index in [4.69, 9.17) is 24.2 Å². The van der Waals surface area contributed by atoms with Crippen LogP contribution in [0.3, 0.4) is 0 Å². The molecule has 2 aliphatic heterocycles. The van der Waals surface area contributed by atoms with Gasteiger partial charge in [-0.2, -0.15) is 0 Å². The highest BCUT2D eigenvalue weighted by Gasteiger charge is 2.40. The van der Waals surface area contributed by atoms with E-state index in [2.05, 4.69) is 63.1 Å². The van der Waals surface area contributed by atoms with E-state index in [0.717, 1.165) is 88.5 Å². The Kier molecular flexibility index (Phi) is 13.6. The third-order valence-corrected chi connectivity index (χ3v) is 12.6. The van der Waals surface area contributed by atoms with Gasteiger partial charge in [-0.1, -0.05) is 83.7 Å². The highest BCUT2D eigenvalue weighted by atomic mass is 16.5. The van der Waals surface area contributed by atoms with Crippen molar-refractivity contribution in [1.82, 2.24) is 40.4 Å². The molecular formula is C46H58N8O7. The van der Waals surface area contributed by atoms with Crippen LogP contribution < -0.4 is 10.6 Å². The molecule has 3 aromatic carbocycles. The summed E-state index contributed by atoms with van der Waals surface area (Å²) < 4.78 is 15.6. The largest absolute Gasteiger partial charge is 0.453 e. The van der Waals surface area contributed by atoms with Crippen LogP contribution in [0, 0.1) is 11.8 Å². The lowest BCUT2D eigenvalue weighted by Crippen LogP contribution is -2.55. The van der Waals surface area contributed by atoms with Gasteiger partial charge in [-0.3, -0.25) is 9.59 Å². The number of amides is 4. The van der Waals surface area contributed by atoms with Crippen LogP contribution in [0.4, 0.5) is 9.59 Å². The number of carbonyl (C=O) groups excluding carboxylic acids is 4. The van der Waals surface area contributed by atoms with Gasteiger partial charge in [0.25, 0.3) is 0 Å². The number of alkyl carbamates (subject to hydrolysis) is 2. The Balaban J connectivity index is 1.08. The minimum atomic E-state index is -0.725. The van der Waals surface area contributed by atoms with Gasteiger partial charge in [0.15, 0.2) is 0 Å². The van der Waals surface area contributed by atoms with Crippen molar-refractivity contribution in [2.75, 3.05) is 40.5 Å². The fraction of sp³-hybridized carbons (Fsp3) is 0.478. The van der Waals surface area contributed by atoms with Gasteiger partial charge in [0.2, 0.25) is 11.8 Å². The molecule has 15 heteroatoms. The van der Waals surface area contributed by atoms with Crippen LogP contribution in [0.25, 0.3) is 44.2 Å². The normalized spacial score (nSPS) is 17.8. The molecular weight excluding hydrogens is 777 g/mol. The molecule has 2 aliphatic rings. The van der Waals surface area contributed by atoms with Crippen LogP contribution in [0.1, 0.15) is 90.0 Å². The summed E-state index contributed by atoms with van der Waals surface area (Å²) in [5.41, 5.74) is 5.52. The van der Waals surface area contributed by atoms with Crippen LogP contribution in [0.15, 0.2) is 60.8 Å². The van der Waals surface area contributed by atoms with Gasteiger partial charge >= 0.3 is 12.2 Å². The predicted molar refractivity (Wildman–Crippen MR) is 232 cm³/mol. The van der Waals surface area contributed by atoms with Crippen molar-refractivity contribution in [1.29, 1.82) is 0 Å². The number of carbonyl (C=O) groups is 4. The molecule has 2 saturated heterocycles. The summed E-state index contributed by atoms with van der Waals surface area (Å²) in [7, 11) is 2.61. The molecule has 4 amide bonds. The molecule has 61 heavy (non-hydrogen) atoms. The monoisotopic (exact) mass is 834 g/mol. The summed E-state index contributed by atoms with van der Waals surface area (Å²) in [5.74, 6) is 1.01. The smallest absolute Gasteiger partial charge is 0.407 e. The SMILES string of the molecule is CCC(CC)[C@H](NC(=O)OC)C(=O)N1CCC[C@H]1c1ncc(-c2ccc3cc(-c4ccc5nc([C@@H]6COCCN6C(=O)[C@@H](NC(=O)OC)C(CC)CC)[nH]c5c4)ccc3c2)[nH]1. The number of hydrogen-bond acceptors (Lipinski definition) is 9. The third-order valence-electron chi connectivity index (χ3n) is 12.6. The molecule has 15 nitrogen and oxygen atoms in total. The van der Waals surface area contributed by atoms with E-state index in [9.17, 15) is 19.2 Å². The van der Waals surface area contributed by atoms with Crippen molar-refractivity contribution < 1.29 is 33.4 Å². The van der Waals surface area contributed by atoms with E-state index in [0.29, 0.717) is 25.5 Å². The number of nitrogens with zero attached hydrogens (tertiary/aromatic N) is 4. The number of aromatic amines is 2. The van der Waals surface area contributed by atoms with Crippen LogP contribution in [-0.2, 0) is 23.8 Å². The Morgan fingerprint density at radius 1 is 0.738 bits per heavy atom. The van der Waals surface area contributed by atoms with Crippen molar-refractivity contribution in [2.24, 2.45) is 11.8 Å². The van der Waals surface area contributed by atoms with Gasteiger partial charge < -0.3 is 44.6 Å². The van der Waals surface area contributed by atoms with E-state index >= 15 is 0 Å². The van der Waals surface area contributed by atoms with Crippen molar-refractivity contribution in [3.63, 3.8) is 0 Å². The first-order valence-electron chi connectivity index (χ1n) is 21.6. The maximum absolute atomic E-state index is 14.1. The lowest BCUT2D eigenvalue weighted by atomic mass is 9.92. The topological polar surface area (TPSA) is 184 Å². The van der Waals surface area contributed by atoms with Crippen molar-refractivity contribution in [2.45, 2.75) is 90.4 Å². The molecule has 2 aromatic heterocycles. The highest BCUT2D eigenvalue weighted by molar-refractivity contribution is 5.92. The number of imidazole rings is 2. The third kappa shape index (κ3) is 9.07. The van der Waals surface area contributed by atoms with E-state index in [1.807, 2.05) is 50.9 Å². The van der Waals surface area contributed by atoms with Gasteiger partial charge in [0, 0.05) is 18.7 Å². The zero-order valence-electron chi connectivity index (χ0n) is 36.0. The van der Waals surface area contributed by atoms with E-state index in [1.165, 1.54) is 14.2 Å². The Bertz CT molecular complexity index is 2350. The van der Waals surface area contributed by atoms with Gasteiger partial charge in [-0.15, -0.1) is 0 Å². The van der Waals surface area contributed by atoms with Crippen molar-refractivity contribution in [3.05, 3.63) is 72.4 Å². The minimum absolute atomic E-state index is 0.0105. The maximum atomic E-state index is 14.1. The van der Waals surface area contributed by atoms with Crippen LogP contribution in [-0.4, -0.2) is 106 Å². The number of aromatic nitrogens is 4. The first-order chi connectivity index (χ1) is 29.6. The predicted octanol–water partition coefficient (Wildman–Crippen LogP) is 7.66. The number of morpholine rings is 1. The van der Waals surface area contributed by atoms with Gasteiger partial charge in [-0.25, -0.2) is 19.6 Å². The maximum Gasteiger partial charge on any atom is 0.407 e. The second-order valence-electron chi connectivity index (χ2n) is 16.0. The summed E-state index contributed by atoms with van der Waals surface area (Å²) >= 11 is 0. The molecule has 5 aromatic rings. The lowest BCUT2D eigenvalue weighted by molar-refractivity contribution is -0.144. The molecule has 4 atom stereocenters. The summed E-state index contributed by atoms with van der Waals surface area (Å²) in [5, 5.41) is 7.74. The van der Waals surface area contributed by atoms with Crippen molar-refractivity contribution >= 4 is 45.8 Å². The fourth-order valence-electron chi connectivity index (χ4n) is 9.03. The summed E-state index contributed by atoms with van der Waals surface area (Å²) in [6, 6.07) is 16.7. The van der Waals surface area contributed by atoms with E-state index in [-0.39, 0.29) is 36.3 Å². The van der Waals surface area contributed by atoms with Crippen LogP contribution in [0.5, 0.6) is 0 Å². The zero-order valence-corrected chi connectivity index (χ0v) is 36.0. The van der Waals surface area contributed by atoms with E-state index < -0.39 is 30.3 Å². The second kappa shape index (κ2) is 19.2. The number of rotatable bonds is 14. The standard InChI is InChI=1S/C46H58N8O7/c1-7-27(8-2)39(51-45(57)59-5)43(55)53-19-11-12-37(53)41-47-25-36(50-41)33-16-15-29-22-30(13-14-31(29)23-33)32-17-18-34-35(24-32)49-42(48-34)38-26-61-21-20-54(38)44(56)40(28(9-3)10-4)52-46(58)60-6/h13-18,22-25,27-28,37-40H,7-12,19-21,26H2,1-6H3,(H,47,50)(H,48,49)(H,51,57)(H,52,58)/t37-,38-,39-,40-/m0/s1. The average Bonchev–Trinajstić information content (AvgIpc) is 4.08. The second-order valence-corrected chi connectivity index (χ2v) is 16.0. The van der Waals surface area contributed by atoms with Crippen LogP contribution in [0.2, 0.25) is 0 Å². The number of fused-ring (bicyclic) bond motifs is 2. The summed E-state index contributed by atoms with van der Waals surface area (Å²) in [6.07, 6.45) is 5.17. The molecule has 0 aliphatic carbocycles. The Morgan fingerprint density at radius 2 is 1.31 bits per heavy atom. The molecule has 2 fully saturated rings. The Labute approximate surface area is 356 Å². The first-order valence-corrected chi connectivity index (χ1v) is 21.6. The lowest BCUT2D eigenvalue weighted by Gasteiger charge is -2.38. The molecule has 7 rings (SSSR count). The summed E-state index contributed by atoms with van der Waals surface area (Å²) in [4.78, 5) is 72.7. The number of benzene rings is 3. The van der Waals surface area contributed by atoms with Crippen LogP contribution >= 0.6 is 0 Å². The number of methoxy groups -OCH3 is 2. The number of likely N-dealkylation sites (tertiary alicyclic amines) is 1. The van der Waals surface area contributed by atoms with E-state index in [1.54, 1.807) is 4.90 Å². The Hall–Kier alpha value is -5.96. The average molecular weight is 835 g/mol. The molecule has 324 valence electrons. The molecule has 0 unspecified atom stereocenters. The Morgan fingerprint density at radius 3 is 1.93 bits per heavy atom. The van der Waals surface area contributed by atoms with Gasteiger partial charge in [0.1, 0.15) is 29.8 Å². The van der Waals surface area contributed by atoms with Gasteiger partial charge in [-0.05, 0) is 70.8 Å². The zero-order chi connectivity index (χ0) is 43.2. The minimum Gasteiger partial charge on any atom is -0.453 e. The molecule has 0 bridgehead atoms. The number of hydrogen-bond donors (Lipinski definition) is 4.